The smallest absolute Gasteiger partial charge is 0.243 e. The van der Waals surface area contributed by atoms with Crippen molar-refractivity contribution in [3.8, 4) is 17.4 Å². The topological polar surface area (TPSA) is 88.6 Å². The zero-order valence-corrected chi connectivity index (χ0v) is 20.9. The quantitative estimate of drug-likeness (QED) is 0.381. The predicted molar refractivity (Wildman–Crippen MR) is 139 cm³/mol. The Balaban J connectivity index is 1.50. The zero-order chi connectivity index (χ0) is 24.8. The number of carbonyl (C=O) groups excluding carboxylic acids is 1. The van der Waals surface area contributed by atoms with Crippen molar-refractivity contribution in [2.24, 2.45) is 5.92 Å². The molecule has 0 unspecified atom stereocenters. The van der Waals surface area contributed by atoms with Crippen LogP contribution in [0.15, 0.2) is 48.7 Å². The number of aromatic nitrogens is 2. The van der Waals surface area contributed by atoms with E-state index in [9.17, 15) is 4.79 Å². The number of nitrogens with one attached hydrogen (secondary N) is 2. The molecule has 4 rings (SSSR count). The molecule has 0 bridgehead atoms. The fourth-order valence-electron chi connectivity index (χ4n) is 3.85. The van der Waals surface area contributed by atoms with E-state index in [1.165, 1.54) is 19.0 Å². The SMILES string of the molecule is CCC(=O)Nc1cccc(Oc2nc(Nc3ccc(N4CCC(C)CC4)cc3OC)ncc2Cl)c1. The van der Waals surface area contributed by atoms with Crippen LogP contribution in [0.1, 0.15) is 33.1 Å². The lowest BCUT2D eigenvalue weighted by Crippen LogP contribution is -2.32. The van der Waals surface area contributed by atoms with Crippen LogP contribution in [0.25, 0.3) is 0 Å². The molecule has 3 aromatic rings. The van der Waals surface area contributed by atoms with Crippen LogP contribution in [-0.4, -0.2) is 36.1 Å². The van der Waals surface area contributed by atoms with Crippen molar-refractivity contribution in [3.05, 3.63) is 53.7 Å². The van der Waals surface area contributed by atoms with E-state index in [1.807, 2.05) is 12.1 Å². The predicted octanol–water partition coefficient (Wildman–Crippen LogP) is 6.26. The maximum absolute atomic E-state index is 11.7. The molecule has 9 heteroatoms. The van der Waals surface area contributed by atoms with Gasteiger partial charge in [0.1, 0.15) is 16.5 Å². The third-order valence-corrected chi connectivity index (χ3v) is 6.20. The number of anilines is 4. The first kappa shape index (κ1) is 24.6. The number of carbonyl (C=O) groups is 1. The minimum atomic E-state index is -0.0801. The van der Waals surface area contributed by atoms with Crippen LogP contribution in [-0.2, 0) is 4.79 Å². The summed E-state index contributed by atoms with van der Waals surface area (Å²) in [6, 6.07) is 13.1. The molecule has 1 fully saturated rings. The molecule has 0 spiro atoms. The lowest BCUT2D eigenvalue weighted by atomic mass is 9.99. The first-order valence-corrected chi connectivity index (χ1v) is 12.1. The Morgan fingerprint density at radius 2 is 2.00 bits per heavy atom. The summed E-state index contributed by atoms with van der Waals surface area (Å²) in [6.45, 7) is 6.18. The van der Waals surface area contributed by atoms with E-state index in [4.69, 9.17) is 21.1 Å². The second-order valence-electron chi connectivity index (χ2n) is 8.56. The second kappa shape index (κ2) is 11.3. The van der Waals surface area contributed by atoms with Crippen LogP contribution in [0.3, 0.4) is 0 Å². The largest absolute Gasteiger partial charge is 0.494 e. The normalized spacial score (nSPS) is 13.9. The summed E-state index contributed by atoms with van der Waals surface area (Å²) in [7, 11) is 1.64. The Kier molecular flexibility index (Phi) is 7.92. The molecule has 184 valence electrons. The number of methoxy groups -OCH3 is 1. The van der Waals surface area contributed by atoms with Crippen molar-refractivity contribution in [1.82, 2.24) is 9.97 Å². The number of benzene rings is 2. The monoisotopic (exact) mass is 495 g/mol. The molecular formula is C26H30ClN5O3. The highest BCUT2D eigenvalue weighted by Gasteiger charge is 2.18. The molecule has 0 radical (unpaired) electrons. The number of amides is 1. The van der Waals surface area contributed by atoms with E-state index < -0.39 is 0 Å². The molecular weight excluding hydrogens is 466 g/mol. The van der Waals surface area contributed by atoms with Crippen molar-refractivity contribution in [3.63, 3.8) is 0 Å². The van der Waals surface area contributed by atoms with Gasteiger partial charge in [-0.05, 0) is 43.0 Å². The Hall–Kier alpha value is -3.52. The molecule has 2 heterocycles. The first-order valence-electron chi connectivity index (χ1n) is 11.8. The van der Waals surface area contributed by atoms with Crippen LogP contribution >= 0.6 is 11.6 Å². The highest BCUT2D eigenvalue weighted by atomic mass is 35.5. The van der Waals surface area contributed by atoms with Crippen LogP contribution in [0, 0.1) is 5.92 Å². The minimum absolute atomic E-state index is 0.0801. The van der Waals surface area contributed by atoms with Gasteiger partial charge in [0.25, 0.3) is 0 Å². The van der Waals surface area contributed by atoms with Crippen LogP contribution in [0.2, 0.25) is 5.02 Å². The van der Waals surface area contributed by atoms with E-state index in [-0.39, 0.29) is 16.8 Å². The summed E-state index contributed by atoms with van der Waals surface area (Å²) in [6.07, 6.45) is 4.25. The zero-order valence-electron chi connectivity index (χ0n) is 20.2. The average molecular weight is 496 g/mol. The minimum Gasteiger partial charge on any atom is -0.494 e. The van der Waals surface area contributed by atoms with Gasteiger partial charge in [-0.25, -0.2) is 4.98 Å². The van der Waals surface area contributed by atoms with Gasteiger partial charge in [0.2, 0.25) is 17.7 Å². The molecule has 2 N–H and O–H groups in total. The van der Waals surface area contributed by atoms with Gasteiger partial charge >= 0.3 is 0 Å². The molecule has 1 aliphatic heterocycles. The molecule has 8 nitrogen and oxygen atoms in total. The van der Waals surface area contributed by atoms with Crippen molar-refractivity contribution >= 4 is 40.5 Å². The van der Waals surface area contributed by atoms with E-state index in [0.29, 0.717) is 29.6 Å². The van der Waals surface area contributed by atoms with Gasteiger partial charge in [-0.1, -0.05) is 31.5 Å². The number of halogens is 1. The summed E-state index contributed by atoms with van der Waals surface area (Å²) >= 11 is 6.29. The molecule has 35 heavy (non-hydrogen) atoms. The Morgan fingerprint density at radius 1 is 1.20 bits per heavy atom. The number of nitrogens with zero attached hydrogens (tertiary/aromatic N) is 3. The van der Waals surface area contributed by atoms with Crippen molar-refractivity contribution in [2.45, 2.75) is 33.1 Å². The summed E-state index contributed by atoms with van der Waals surface area (Å²) in [5.41, 5.74) is 2.50. The Bertz CT molecular complexity index is 1180. The number of ether oxygens (including phenoxy) is 2. The highest BCUT2D eigenvalue weighted by Crippen LogP contribution is 2.34. The molecule has 1 aromatic heterocycles. The molecule has 2 aromatic carbocycles. The second-order valence-corrected chi connectivity index (χ2v) is 8.96. The molecule has 1 amide bonds. The molecule has 0 atom stereocenters. The Labute approximate surface area is 210 Å². The van der Waals surface area contributed by atoms with Gasteiger partial charge in [-0.3, -0.25) is 4.79 Å². The number of rotatable bonds is 8. The third-order valence-electron chi connectivity index (χ3n) is 5.95. The van der Waals surface area contributed by atoms with Gasteiger partial charge in [0.15, 0.2) is 0 Å². The van der Waals surface area contributed by atoms with Gasteiger partial charge in [0.05, 0.1) is 19.0 Å². The fourth-order valence-corrected chi connectivity index (χ4v) is 3.98. The average Bonchev–Trinajstić information content (AvgIpc) is 2.87. The number of piperidine rings is 1. The van der Waals surface area contributed by atoms with Crippen LogP contribution in [0.4, 0.5) is 23.0 Å². The van der Waals surface area contributed by atoms with Crippen LogP contribution in [0.5, 0.6) is 17.4 Å². The van der Waals surface area contributed by atoms with Gasteiger partial charge in [-0.2, -0.15) is 4.98 Å². The summed E-state index contributed by atoms with van der Waals surface area (Å²) < 4.78 is 11.5. The van der Waals surface area contributed by atoms with E-state index >= 15 is 0 Å². The molecule has 0 aliphatic carbocycles. The van der Waals surface area contributed by atoms with E-state index in [0.717, 1.165) is 30.4 Å². The lowest BCUT2D eigenvalue weighted by molar-refractivity contribution is -0.115. The molecule has 0 saturated carbocycles. The van der Waals surface area contributed by atoms with Crippen LogP contribution < -0.4 is 25.0 Å². The summed E-state index contributed by atoms with van der Waals surface area (Å²) in [5.74, 6) is 2.39. The van der Waals surface area contributed by atoms with Crippen molar-refractivity contribution in [2.75, 3.05) is 35.7 Å². The third kappa shape index (κ3) is 6.33. The van der Waals surface area contributed by atoms with E-state index in [2.05, 4.69) is 38.5 Å². The van der Waals surface area contributed by atoms with Gasteiger partial charge < -0.3 is 25.0 Å². The molecule has 1 aliphatic rings. The number of hydrogen-bond donors (Lipinski definition) is 2. The summed E-state index contributed by atoms with van der Waals surface area (Å²) in [5, 5.41) is 6.27. The number of hydrogen-bond acceptors (Lipinski definition) is 7. The van der Waals surface area contributed by atoms with Gasteiger partial charge in [-0.15, -0.1) is 0 Å². The van der Waals surface area contributed by atoms with Gasteiger partial charge in [0, 0.05) is 43.0 Å². The summed E-state index contributed by atoms with van der Waals surface area (Å²) in [4.78, 5) is 22.8. The maximum atomic E-state index is 11.7. The first-order chi connectivity index (χ1) is 16.9. The Morgan fingerprint density at radius 3 is 2.74 bits per heavy atom. The molecule has 1 saturated heterocycles. The highest BCUT2D eigenvalue weighted by molar-refractivity contribution is 6.31. The lowest BCUT2D eigenvalue weighted by Gasteiger charge is -2.32. The standard InChI is InChI=1S/C26H30ClN5O3/c1-4-24(33)29-18-6-5-7-20(14-18)35-25-21(27)16-28-26(31-25)30-22-9-8-19(15-23(22)34-3)32-12-10-17(2)11-13-32/h5-9,14-17H,4,10-13H2,1-3H3,(H,29,33)(H,28,30,31). The van der Waals surface area contributed by atoms with Crippen molar-refractivity contribution < 1.29 is 14.3 Å². The van der Waals surface area contributed by atoms with Crippen molar-refractivity contribution in [1.29, 1.82) is 0 Å². The maximum Gasteiger partial charge on any atom is 0.243 e. The fraction of sp³-hybridized carbons (Fsp3) is 0.346. The van der Waals surface area contributed by atoms with E-state index in [1.54, 1.807) is 38.3 Å².